The fourth-order valence-electron chi connectivity index (χ4n) is 1.36. The lowest BCUT2D eigenvalue weighted by atomic mass is 10.1. The lowest BCUT2D eigenvalue weighted by molar-refractivity contribution is -0.384. The van der Waals surface area contributed by atoms with Crippen molar-refractivity contribution in [1.82, 2.24) is 0 Å². The van der Waals surface area contributed by atoms with Gasteiger partial charge in [0.25, 0.3) is 5.69 Å². The molecule has 0 saturated carbocycles. The number of rotatable bonds is 4. The van der Waals surface area contributed by atoms with Gasteiger partial charge in [0, 0.05) is 24.1 Å². The Labute approximate surface area is 87.5 Å². The largest absolute Gasteiger partial charge is 0.496 e. The first-order valence-corrected chi connectivity index (χ1v) is 4.54. The lowest BCUT2D eigenvalue weighted by Crippen LogP contribution is -2.06. The van der Waals surface area contributed by atoms with E-state index in [0.717, 1.165) is 0 Å². The third kappa shape index (κ3) is 2.92. The van der Waals surface area contributed by atoms with Gasteiger partial charge in [0.15, 0.2) is 0 Å². The van der Waals surface area contributed by atoms with Crippen molar-refractivity contribution in [1.29, 1.82) is 0 Å². The Morgan fingerprint density at radius 3 is 2.73 bits per heavy atom. The van der Waals surface area contributed by atoms with Gasteiger partial charge in [0.1, 0.15) is 5.75 Å². The van der Waals surface area contributed by atoms with E-state index in [0.29, 0.717) is 17.7 Å². The highest BCUT2D eigenvalue weighted by molar-refractivity contribution is 5.44. The smallest absolute Gasteiger partial charge is 0.269 e. The van der Waals surface area contributed by atoms with Crippen molar-refractivity contribution in [3.63, 3.8) is 0 Å². The highest BCUT2D eigenvalue weighted by Crippen LogP contribution is 2.24. The molecule has 0 fully saturated rings. The molecule has 0 unspecified atom stereocenters. The minimum absolute atomic E-state index is 0.00597. The molecular formula is C10H13NO4. The molecular weight excluding hydrogens is 198 g/mol. The monoisotopic (exact) mass is 211 g/mol. The van der Waals surface area contributed by atoms with Crippen LogP contribution in [-0.4, -0.2) is 23.2 Å². The van der Waals surface area contributed by atoms with Crippen molar-refractivity contribution < 1.29 is 14.8 Å². The second kappa shape index (κ2) is 4.75. The number of benzene rings is 1. The number of methoxy groups -OCH3 is 1. The van der Waals surface area contributed by atoms with Crippen LogP contribution in [0.5, 0.6) is 5.75 Å². The van der Waals surface area contributed by atoms with Gasteiger partial charge in [-0.05, 0) is 13.0 Å². The number of hydrogen-bond donors (Lipinski definition) is 1. The Balaban J connectivity index is 3.07. The predicted molar refractivity (Wildman–Crippen MR) is 55.0 cm³/mol. The summed E-state index contributed by atoms with van der Waals surface area (Å²) in [5, 5.41) is 19.8. The van der Waals surface area contributed by atoms with Crippen LogP contribution < -0.4 is 4.74 Å². The maximum Gasteiger partial charge on any atom is 0.269 e. The quantitative estimate of drug-likeness (QED) is 0.605. The van der Waals surface area contributed by atoms with Gasteiger partial charge in [0.05, 0.1) is 18.1 Å². The summed E-state index contributed by atoms with van der Waals surface area (Å²) in [6.07, 6.45) is -0.217. The van der Waals surface area contributed by atoms with E-state index >= 15 is 0 Å². The van der Waals surface area contributed by atoms with Gasteiger partial charge >= 0.3 is 0 Å². The molecule has 1 rings (SSSR count). The Morgan fingerprint density at radius 2 is 2.27 bits per heavy atom. The summed E-state index contributed by atoms with van der Waals surface area (Å²) in [6.45, 7) is 1.62. The number of nitro groups is 1. The van der Waals surface area contributed by atoms with E-state index in [4.69, 9.17) is 4.74 Å². The molecule has 0 spiro atoms. The Morgan fingerprint density at radius 1 is 1.60 bits per heavy atom. The first kappa shape index (κ1) is 11.5. The minimum Gasteiger partial charge on any atom is -0.496 e. The molecule has 1 atom stereocenters. The van der Waals surface area contributed by atoms with Gasteiger partial charge in [-0.25, -0.2) is 0 Å². The average molecular weight is 211 g/mol. The molecule has 0 amide bonds. The van der Waals surface area contributed by atoms with Crippen molar-refractivity contribution >= 4 is 5.69 Å². The molecule has 1 aromatic carbocycles. The lowest BCUT2D eigenvalue weighted by Gasteiger charge is -2.09. The fourth-order valence-corrected chi connectivity index (χ4v) is 1.36. The first-order chi connectivity index (χ1) is 7.04. The normalized spacial score (nSPS) is 12.2. The maximum absolute atomic E-state index is 10.5. The number of nitrogens with zero attached hydrogens (tertiary/aromatic N) is 1. The maximum atomic E-state index is 10.5. The van der Waals surface area contributed by atoms with Crippen LogP contribution in [0.15, 0.2) is 18.2 Å². The van der Waals surface area contributed by atoms with Gasteiger partial charge in [-0.15, -0.1) is 0 Å². The summed E-state index contributed by atoms with van der Waals surface area (Å²) in [7, 11) is 1.49. The minimum atomic E-state index is -0.555. The summed E-state index contributed by atoms with van der Waals surface area (Å²) >= 11 is 0. The van der Waals surface area contributed by atoms with E-state index in [2.05, 4.69) is 0 Å². The number of aliphatic hydroxyl groups is 1. The zero-order valence-electron chi connectivity index (χ0n) is 8.64. The standard InChI is InChI=1S/C10H13NO4/c1-7(12)5-8-6-9(11(13)14)3-4-10(8)15-2/h3-4,6-7,12H,5H2,1-2H3/t7-/m0/s1. The molecule has 0 aromatic heterocycles. The van der Waals surface area contributed by atoms with Crippen LogP contribution in [-0.2, 0) is 6.42 Å². The van der Waals surface area contributed by atoms with E-state index in [1.807, 2.05) is 0 Å². The van der Waals surface area contributed by atoms with E-state index in [1.165, 1.54) is 25.3 Å². The Kier molecular flexibility index (Phi) is 3.62. The van der Waals surface area contributed by atoms with Crippen LogP contribution in [0.25, 0.3) is 0 Å². The first-order valence-electron chi connectivity index (χ1n) is 4.54. The van der Waals surface area contributed by atoms with Crippen molar-refractivity contribution in [2.75, 3.05) is 7.11 Å². The van der Waals surface area contributed by atoms with Gasteiger partial charge in [-0.2, -0.15) is 0 Å². The molecule has 5 nitrogen and oxygen atoms in total. The highest BCUT2D eigenvalue weighted by atomic mass is 16.6. The highest BCUT2D eigenvalue weighted by Gasteiger charge is 2.12. The van der Waals surface area contributed by atoms with E-state index in [9.17, 15) is 15.2 Å². The molecule has 0 radical (unpaired) electrons. The number of nitro benzene ring substituents is 1. The van der Waals surface area contributed by atoms with Gasteiger partial charge in [-0.1, -0.05) is 0 Å². The SMILES string of the molecule is COc1ccc([N+](=O)[O-])cc1C[C@H](C)O. The molecule has 82 valence electrons. The summed E-state index contributed by atoms with van der Waals surface area (Å²) in [5.74, 6) is 0.557. The van der Waals surface area contributed by atoms with Crippen molar-refractivity contribution in [3.8, 4) is 5.75 Å². The van der Waals surface area contributed by atoms with Gasteiger partial charge < -0.3 is 9.84 Å². The topological polar surface area (TPSA) is 72.6 Å². The zero-order valence-corrected chi connectivity index (χ0v) is 8.64. The third-order valence-corrected chi connectivity index (χ3v) is 1.99. The zero-order chi connectivity index (χ0) is 11.4. The molecule has 0 aliphatic rings. The summed E-state index contributed by atoms with van der Waals surface area (Å²) in [6, 6.07) is 4.34. The summed E-state index contributed by atoms with van der Waals surface area (Å²) in [5.41, 5.74) is 0.646. The van der Waals surface area contributed by atoms with Crippen LogP contribution in [0, 0.1) is 10.1 Å². The fraction of sp³-hybridized carbons (Fsp3) is 0.400. The third-order valence-electron chi connectivity index (χ3n) is 1.99. The number of ether oxygens (including phenoxy) is 1. The molecule has 0 heterocycles. The number of non-ortho nitro benzene ring substituents is 1. The van der Waals surface area contributed by atoms with Crippen LogP contribution in [0.4, 0.5) is 5.69 Å². The molecule has 1 N–H and O–H groups in total. The van der Waals surface area contributed by atoms with E-state index < -0.39 is 11.0 Å². The average Bonchev–Trinajstić information content (AvgIpc) is 2.16. The van der Waals surface area contributed by atoms with Crippen LogP contribution in [0.3, 0.4) is 0 Å². The van der Waals surface area contributed by atoms with Gasteiger partial charge in [0.2, 0.25) is 0 Å². The molecule has 0 saturated heterocycles. The van der Waals surface area contributed by atoms with E-state index in [-0.39, 0.29) is 5.69 Å². The predicted octanol–water partition coefficient (Wildman–Crippen LogP) is 1.53. The molecule has 1 aromatic rings. The van der Waals surface area contributed by atoms with Gasteiger partial charge in [-0.3, -0.25) is 10.1 Å². The summed E-state index contributed by atoms with van der Waals surface area (Å²) in [4.78, 5) is 10.1. The Hall–Kier alpha value is -1.62. The number of hydrogen-bond acceptors (Lipinski definition) is 4. The second-order valence-corrected chi connectivity index (χ2v) is 3.31. The second-order valence-electron chi connectivity index (χ2n) is 3.31. The number of aliphatic hydroxyl groups excluding tert-OH is 1. The van der Waals surface area contributed by atoms with Crippen LogP contribution in [0.1, 0.15) is 12.5 Å². The van der Waals surface area contributed by atoms with Crippen molar-refractivity contribution in [2.45, 2.75) is 19.4 Å². The van der Waals surface area contributed by atoms with Crippen molar-refractivity contribution in [2.24, 2.45) is 0 Å². The Bertz CT molecular complexity index is 362. The molecule has 0 aliphatic heterocycles. The van der Waals surface area contributed by atoms with Crippen molar-refractivity contribution in [3.05, 3.63) is 33.9 Å². The molecule has 0 bridgehead atoms. The molecule has 15 heavy (non-hydrogen) atoms. The van der Waals surface area contributed by atoms with Crippen LogP contribution in [0.2, 0.25) is 0 Å². The summed E-state index contributed by atoms with van der Waals surface area (Å²) < 4.78 is 5.05. The van der Waals surface area contributed by atoms with Crippen LogP contribution >= 0.6 is 0 Å². The van der Waals surface area contributed by atoms with E-state index in [1.54, 1.807) is 6.92 Å². The molecule has 5 heteroatoms. The molecule has 0 aliphatic carbocycles.